The average Bonchev–Trinajstić information content (AvgIpc) is 3.18. The second kappa shape index (κ2) is 10.5. The van der Waals surface area contributed by atoms with Crippen molar-refractivity contribution in [2.45, 2.75) is 57.0 Å². The van der Waals surface area contributed by atoms with Crippen LogP contribution in [0.5, 0.6) is 0 Å². The number of hydrogen-bond donors (Lipinski definition) is 2. The molecule has 2 N–H and O–H groups in total. The summed E-state index contributed by atoms with van der Waals surface area (Å²) in [6, 6.07) is 7.17. The predicted octanol–water partition coefficient (Wildman–Crippen LogP) is 2.70. The van der Waals surface area contributed by atoms with Crippen molar-refractivity contribution in [3.8, 4) is 0 Å². The molecule has 1 saturated carbocycles. The fraction of sp³-hybridized carbons (Fsp3) is 0.560. The molecule has 2 fully saturated rings. The smallest absolute Gasteiger partial charge is 0.317 e. The van der Waals surface area contributed by atoms with Crippen molar-refractivity contribution in [2.75, 3.05) is 27.2 Å². The first-order valence-electron chi connectivity index (χ1n) is 12.3. The quantitative estimate of drug-likeness (QED) is 0.624. The van der Waals surface area contributed by atoms with Crippen LogP contribution in [-0.4, -0.2) is 68.1 Å². The second-order valence-corrected chi connectivity index (χ2v) is 11.7. The van der Waals surface area contributed by atoms with Crippen LogP contribution in [0.1, 0.15) is 56.1 Å². The number of amides is 3. The summed E-state index contributed by atoms with van der Waals surface area (Å²) in [4.78, 5) is 30.7. The lowest BCUT2D eigenvalue weighted by Crippen LogP contribution is -2.50. The molecule has 1 saturated heterocycles. The average molecular weight is 502 g/mol. The Balaban J connectivity index is 1.33. The molecule has 0 aromatic heterocycles. The van der Waals surface area contributed by atoms with Crippen molar-refractivity contribution in [1.82, 2.24) is 19.8 Å². The lowest BCUT2D eigenvalue weighted by Gasteiger charge is -2.34. The van der Waals surface area contributed by atoms with Crippen LogP contribution in [0.3, 0.4) is 0 Å². The number of nitrogens with one attached hydrogen (secondary N) is 2. The minimum Gasteiger partial charge on any atom is -0.334 e. The van der Waals surface area contributed by atoms with Gasteiger partial charge >= 0.3 is 6.03 Å². The Bertz CT molecular complexity index is 1100. The third kappa shape index (κ3) is 5.92. The maximum absolute atomic E-state index is 12.9. The number of amidine groups is 1. The van der Waals surface area contributed by atoms with E-state index in [1.807, 2.05) is 24.3 Å². The number of rotatable bonds is 6. The van der Waals surface area contributed by atoms with Crippen LogP contribution in [-0.2, 0) is 21.4 Å². The summed E-state index contributed by atoms with van der Waals surface area (Å²) in [6.45, 7) is 0.936. The SMILES string of the molecule is CN(C)C(=O)NCc1ccc(/C=C/S(=O)(=O)N2CCC3(CC2)N=C(C2CCCCC2)NC3=O)cc1. The van der Waals surface area contributed by atoms with Crippen molar-refractivity contribution in [3.63, 3.8) is 0 Å². The van der Waals surface area contributed by atoms with Crippen molar-refractivity contribution >= 4 is 33.9 Å². The fourth-order valence-electron chi connectivity index (χ4n) is 4.89. The standard InChI is InChI=1S/C25H35N5O4S/c1-29(2)24(32)26-18-20-10-8-19(9-11-20)12-17-35(33,34)30-15-13-25(14-16-30)23(31)27-22(28-25)21-6-4-3-5-7-21/h8-12,17,21H,3-7,13-16,18H2,1-2H3,(H,26,32)(H,27,28,31)/b17-12+. The van der Waals surface area contributed by atoms with Gasteiger partial charge in [0.05, 0.1) is 0 Å². The first-order chi connectivity index (χ1) is 16.7. The van der Waals surface area contributed by atoms with E-state index in [0.717, 1.165) is 29.8 Å². The number of piperidine rings is 1. The molecule has 0 unspecified atom stereocenters. The second-order valence-electron chi connectivity index (χ2n) is 9.86. The van der Waals surface area contributed by atoms with Gasteiger partial charge in [0.25, 0.3) is 5.91 Å². The van der Waals surface area contributed by atoms with Crippen molar-refractivity contribution in [2.24, 2.45) is 10.9 Å². The monoisotopic (exact) mass is 501 g/mol. The Hall–Kier alpha value is -2.72. The normalized spacial score (nSPS) is 21.2. The predicted molar refractivity (Wildman–Crippen MR) is 136 cm³/mol. The van der Waals surface area contributed by atoms with Gasteiger partial charge in [0, 0.05) is 45.1 Å². The van der Waals surface area contributed by atoms with Gasteiger partial charge in [-0.05, 0) is 42.9 Å². The van der Waals surface area contributed by atoms with Gasteiger partial charge in [-0.25, -0.2) is 13.2 Å². The molecule has 3 aliphatic rings. The third-order valence-electron chi connectivity index (χ3n) is 7.16. The molecular weight excluding hydrogens is 466 g/mol. The summed E-state index contributed by atoms with van der Waals surface area (Å²) in [5, 5.41) is 7.03. The van der Waals surface area contributed by atoms with E-state index >= 15 is 0 Å². The molecule has 1 spiro atoms. The zero-order chi connectivity index (χ0) is 25.1. The Morgan fingerprint density at radius 3 is 2.46 bits per heavy atom. The summed E-state index contributed by atoms with van der Waals surface area (Å²) >= 11 is 0. The molecule has 2 heterocycles. The molecule has 10 heteroatoms. The van der Waals surface area contributed by atoms with E-state index in [-0.39, 0.29) is 25.0 Å². The zero-order valence-corrected chi connectivity index (χ0v) is 21.3. The summed E-state index contributed by atoms with van der Waals surface area (Å²) in [5.41, 5.74) is 0.853. The maximum Gasteiger partial charge on any atom is 0.317 e. The molecule has 190 valence electrons. The van der Waals surface area contributed by atoms with Crippen molar-refractivity contribution in [3.05, 3.63) is 40.8 Å². The van der Waals surface area contributed by atoms with Crippen molar-refractivity contribution in [1.29, 1.82) is 0 Å². The van der Waals surface area contributed by atoms with E-state index in [0.29, 0.717) is 25.3 Å². The van der Waals surface area contributed by atoms with Gasteiger partial charge in [0.2, 0.25) is 10.0 Å². The summed E-state index contributed by atoms with van der Waals surface area (Å²) in [7, 11) is -0.256. The van der Waals surface area contributed by atoms with Crippen LogP contribution in [0.2, 0.25) is 0 Å². The van der Waals surface area contributed by atoms with Gasteiger partial charge in [-0.3, -0.25) is 9.79 Å². The van der Waals surface area contributed by atoms with Gasteiger partial charge < -0.3 is 15.5 Å². The molecule has 9 nitrogen and oxygen atoms in total. The molecule has 35 heavy (non-hydrogen) atoms. The zero-order valence-electron chi connectivity index (χ0n) is 20.5. The van der Waals surface area contributed by atoms with Crippen LogP contribution in [0.25, 0.3) is 6.08 Å². The number of urea groups is 1. The number of nitrogens with zero attached hydrogens (tertiary/aromatic N) is 3. The molecule has 1 aliphatic carbocycles. The number of carbonyl (C=O) groups is 2. The van der Waals surface area contributed by atoms with Gasteiger partial charge in [0.1, 0.15) is 11.4 Å². The van der Waals surface area contributed by atoms with E-state index < -0.39 is 15.6 Å². The van der Waals surface area contributed by atoms with E-state index in [9.17, 15) is 18.0 Å². The highest BCUT2D eigenvalue weighted by Crippen LogP contribution is 2.34. The van der Waals surface area contributed by atoms with E-state index in [1.54, 1.807) is 20.2 Å². The molecular formula is C25H35N5O4S. The number of aliphatic imine (C=N–C) groups is 1. The topological polar surface area (TPSA) is 111 Å². The maximum atomic E-state index is 12.9. The molecule has 1 aromatic carbocycles. The highest BCUT2D eigenvalue weighted by atomic mass is 32.2. The Morgan fingerprint density at radius 1 is 1.17 bits per heavy atom. The minimum absolute atomic E-state index is 0.0764. The van der Waals surface area contributed by atoms with Crippen LogP contribution in [0, 0.1) is 5.92 Å². The summed E-state index contributed by atoms with van der Waals surface area (Å²) in [6.07, 6.45) is 8.07. The van der Waals surface area contributed by atoms with Crippen LogP contribution < -0.4 is 10.6 Å². The lowest BCUT2D eigenvalue weighted by atomic mass is 9.88. The lowest BCUT2D eigenvalue weighted by molar-refractivity contribution is -0.125. The Morgan fingerprint density at radius 2 is 1.83 bits per heavy atom. The largest absolute Gasteiger partial charge is 0.334 e. The number of benzene rings is 1. The summed E-state index contributed by atoms with van der Waals surface area (Å²) in [5.74, 6) is 1.07. The van der Waals surface area contributed by atoms with Gasteiger partial charge in [-0.2, -0.15) is 4.31 Å². The minimum atomic E-state index is -3.61. The molecule has 0 atom stereocenters. The van der Waals surface area contributed by atoms with E-state index in [2.05, 4.69) is 10.6 Å². The van der Waals surface area contributed by atoms with Crippen LogP contribution in [0.4, 0.5) is 4.79 Å². The van der Waals surface area contributed by atoms with Gasteiger partial charge in [-0.15, -0.1) is 0 Å². The Labute approximate surface area is 207 Å². The van der Waals surface area contributed by atoms with Crippen LogP contribution >= 0.6 is 0 Å². The van der Waals surface area contributed by atoms with Crippen LogP contribution in [0.15, 0.2) is 34.7 Å². The highest BCUT2D eigenvalue weighted by Gasteiger charge is 2.48. The van der Waals surface area contributed by atoms with E-state index in [1.165, 1.54) is 33.9 Å². The molecule has 0 radical (unpaired) electrons. The number of hydrogen-bond acceptors (Lipinski definition) is 5. The first-order valence-corrected chi connectivity index (χ1v) is 13.8. The highest BCUT2D eigenvalue weighted by molar-refractivity contribution is 7.92. The van der Waals surface area contributed by atoms with Gasteiger partial charge in [0.15, 0.2) is 0 Å². The number of sulfonamides is 1. The number of carbonyl (C=O) groups excluding carboxylic acids is 2. The van der Waals surface area contributed by atoms with E-state index in [4.69, 9.17) is 4.99 Å². The third-order valence-corrected chi connectivity index (χ3v) is 8.73. The molecule has 4 rings (SSSR count). The molecule has 1 aromatic rings. The van der Waals surface area contributed by atoms with Gasteiger partial charge in [-0.1, -0.05) is 43.5 Å². The molecule has 3 amide bonds. The molecule has 0 bridgehead atoms. The first kappa shape index (κ1) is 25.4. The molecule has 2 aliphatic heterocycles. The van der Waals surface area contributed by atoms with Crippen molar-refractivity contribution < 1.29 is 18.0 Å². The Kier molecular flexibility index (Phi) is 7.61. The summed E-state index contributed by atoms with van der Waals surface area (Å²) < 4.78 is 27.3. The fourth-order valence-corrected chi connectivity index (χ4v) is 6.09.